The van der Waals surface area contributed by atoms with E-state index in [9.17, 15) is 4.39 Å². The van der Waals surface area contributed by atoms with Gasteiger partial charge in [0.1, 0.15) is 5.83 Å². The number of hydrogen-bond acceptors (Lipinski definition) is 1. The first-order chi connectivity index (χ1) is 9.04. The Labute approximate surface area is 114 Å². The van der Waals surface area contributed by atoms with Crippen LogP contribution in [0.3, 0.4) is 0 Å². The maximum atomic E-state index is 13.9. The van der Waals surface area contributed by atoms with Crippen LogP contribution in [0.1, 0.15) is 18.1 Å². The van der Waals surface area contributed by atoms with Crippen molar-refractivity contribution in [2.24, 2.45) is 0 Å². The summed E-state index contributed by atoms with van der Waals surface area (Å²) in [5.41, 5.74) is 4.90. The van der Waals surface area contributed by atoms with Gasteiger partial charge in [0.25, 0.3) is 0 Å². The zero-order chi connectivity index (χ0) is 14.0. The zero-order valence-corrected chi connectivity index (χ0v) is 11.6. The Balaban J connectivity index is 2.59. The molecule has 1 aromatic carbocycles. The van der Waals surface area contributed by atoms with Crippen molar-refractivity contribution in [3.05, 3.63) is 77.4 Å². The van der Waals surface area contributed by atoms with Crippen LogP contribution in [0.4, 0.5) is 4.39 Å². The summed E-state index contributed by atoms with van der Waals surface area (Å²) in [7, 11) is 1.86. The molecule has 1 aromatic rings. The molecule has 1 aliphatic heterocycles. The topological polar surface area (TPSA) is 3.24 Å². The molecule has 0 N–H and O–H groups in total. The monoisotopic (exact) mass is 255 g/mol. The number of allylic oxidation sites excluding steroid dienone is 6. The third-order valence-corrected chi connectivity index (χ3v) is 3.43. The lowest BCUT2D eigenvalue weighted by molar-refractivity contribution is 0.500. The van der Waals surface area contributed by atoms with Crippen molar-refractivity contribution < 1.29 is 4.39 Å². The minimum atomic E-state index is -0.305. The van der Waals surface area contributed by atoms with Crippen LogP contribution in [-0.4, -0.2) is 11.9 Å². The van der Waals surface area contributed by atoms with Crippen molar-refractivity contribution >= 4 is 5.57 Å². The van der Waals surface area contributed by atoms with E-state index < -0.39 is 0 Å². The van der Waals surface area contributed by atoms with Crippen LogP contribution >= 0.6 is 0 Å². The molecule has 0 saturated heterocycles. The van der Waals surface area contributed by atoms with Crippen molar-refractivity contribution in [3.8, 4) is 0 Å². The first kappa shape index (κ1) is 13.3. The van der Waals surface area contributed by atoms with Crippen molar-refractivity contribution in [3.63, 3.8) is 0 Å². The number of aryl methyl sites for hydroxylation is 1. The van der Waals surface area contributed by atoms with Gasteiger partial charge in [-0.15, -0.1) is 0 Å². The number of hydrogen-bond donors (Lipinski definition) is 0. The summed E-state index contributed by atoms with van der Waals surface area (Å²) in [5.74, 6) is -0.305. The van der Waals surface area contributed by atoms with E-state index >= 15 is 0 Å². The van der Waals surface area contributed by atoms with Gasteiger partial charge in [-0.25, -0.2) is 4.39 Å². The van der Waals surface area contributed by atoms with E-state index in [0.717, 1.165) is 16.8 Å². The van der Waals surface area contributed by atoms with Crippen molar-refractivity contribution in [1.82, 2.24) is 4.90 Å². The zero-order valence-electron chi connectivity index (χ0n) is 11.6. The van der Waals surface area contributed by atoms with Gasteiger partial charge in [-0.05, 0) is 48.8 Å². The van der Waals surface area contributed by atoms with E-state index in [1.807, 2.05) is 37.1 Å². The lowest BCUT2D eigenvalue weighted by atomic mass is 9.96. The Bertz CT molecular complexity index is 605. The quantitative estimate of drug-likeness (QED) is 0.746. The van der Waals surface area contributed by atoms with Gasteiger partial charge in [0.2, 0.25) is 0 Å². The highest BCUT2D eigenvalue weighted by Gasteiger charge is 2.16. The standard InChI is InChI=1S/C17H18FN/c1-5-16(18)17-11-14(10-13(3)19(17)4)15-9-7-6-8-12(15)2/h5-11H,1H2,2-4H3/b17-16+. The molecule has 0 spiro atoms. The third-order valence-electron chi connectivity index (χ3n) is 3.43. The van der Waals surface area contributed by atoms with Gasteiger partial charge in [-0.2, -0.15) is 0 Å². The first-order valence-electron chi connectivity index (χ1n) is 6.26. The van der Waals surface area contributed by atoms with Crippen LogP contribution in [0, 0.1) is 6.92 Å². The molecule has 0 atom stereocenters. The Morgan fingerprint density at radius 2 is 1.89 bits per heavy atom. The molecular weight excluding hydrogens is 237 g/mol. The molecule has 98 valence electrons. The normalized spacial score (nSPS) is 17.8. The highest BCUT2D eigenvalue weighted by molar-refractivity contribution is 5.80. The number of nitrogens with zero attached hydrogens (tertiary/aromatic N) is 1. The van der Waals surface area contributed by atoms with E-state index in [4.69, 9.17) is 0 Å². The molecule has 0 fully saturated rings. The van der Waals surface area contributed by atoms with Gasteiger partial charge in [0.15, 0.2) is 0 Å². The SMILES string of the molecule is C=C/C(F)=C1/C=C(c2ccccc2C)C=C(C)N1C. The minimum absolute atomic E-state index is 0.305. The molecule has 0 aromatic heterocycles. The molecule has 0 aliphatic carbocycles. The molecule has 0 unspecified atom stereocenters. The molecular formula is C17H18FN. The van der Waals surface area contributed by atoms with Crippen molar-refractivity contribution in [1.29, 1.82) is 0 Å². The Morgan fingerprint density at radius 3 is 2.53 bits per heavy atom. The van der Waals surface area contributed by atoms with Gasteiger partial charge >= 0.3 is 0 Å². The van der Waals surface area contributed by atoms with Gasteiger partial charge in [0.05, 0.1) is 5.70 Å². The summed E-state index contributed by atoms with van der Waals surface area (Å²) in [6.07, 6.45) is 5.19. The van der Waals surface area contributed by atoms with E-state index in [1.54, 1.807) is 0 Å². The summed E-state index contributed by atoms with van der Waals surface area (Å²) < 4.78 is 13.9. The fraction of sp³-hybridized carbons (Fsp3) is 0.176. The lowest BCUT2D eigenvalue weighted by Crippen LogP contribution is -2.18. The molecule has 0 saturated carbocycles. The van der Waals surface area contributed by atoms with E-state index in [1.165, 1.54) is 11.6 Å². The number of likely N-dealkylation sites (N-methyl/N-ethyl adjacent to an activating group) is 1. The summed E-state index contributed by atoms with van der Waals surface area (Å²) >= 11 is 0. The van der Waals surface area contributed by atoms with Gasteiger partial charge in [-0.3, -0.25) is 0 Å². The molecule has 1 heterocycles. The van der Waals surface area contributed by atoms with Gasteiger partial charge in [-0.1, -0.05) is 30.8 Å². The molecule has 0 bridgehead atoms. The van der Waals surface area contributed by atoms with Crippen LogP contribution in [0.5, 0.6) is 0 Å². The maximum Gasteiger partial charge on any atom is 0.146 e. The second kappa shape index (κ2) is 5.27. The summed E-state index contributed by atoms with van der Waals surface area (Å²) in [6.45, 7) is 7.54. The van der Waals surface area contributed by atoms with Crippen LogP contribution in [0.2, 0.25) is 0 Å². The Morgan fingerprint density at radius 1 is 1.21 bits per heavy atom. The molecule has 1 aliphatic rings. The van der Waals surface area contributed by atoms with Crippen LogP contribution in [0.15, 0.2) is 66.3 Å². The summed E-state index contributed by atoms with van der Waals surface area (Å²) in [4.78, 5) is 1.83. The largest absolute Gasteiger partial charge is 0.346 e. The Hall–Kier alpha value is -2.09. The predicted molar refractivity (Wildman–Crippen MR) is 79.0 cm³/mol. The molecule has 0 radical (unpaired) electrons. The van der Waals surface area contributed by atoms with Crippen LogP contribution < -0.4 is 0 Å². The summed E-state index contributed by atoms with van der Waals surface area (Å²) in [6, 6.07) is 8.12. The van der Waals surface area contributed by atoms with Crippen LogP contribution in [-0.2, 0) is 0 Å². The van der Waals surface area contributed by atoms with E-state index in [2.05, 4.69) is 31.7 Å². The Kier molecular flexibility index (Phi) is 3.70. The van der Waals surface area contributed by atoms with Crippen molar-refractivity contribution in [2.45, 2.75) is 13.8 Å². The lowest BCUT2D eigenvalue weighted by Gasteiger charge is -2.27. The molecule has 2 heteroatoms. The average Bonchev–Trinajstić information content (AvgIpc) is 2.41. The molecule has 19 heavy (non-hydrogen) atoms. The smallest absolute Gasteiger partial charge is 0.146 e. The molecule has 1 nitrogen and oxygen atoms in total. The number of rotatable bonds is 2. The average molecular weight is 255 g/mol. The second-order valence-corrected chi connectivity index (χ2v) is 4.70. The highest BCUT2D eigenvalue weighted by Crippen LogP contribution is 2.31. The minimum Gasteiger partial charge on any atom is -0.346 e. The fourth-order valence-corrected chi connectivity index (χ4v) is 2.18. The summed E-state index contributed by atoms with van der Waals surface area (Å²) in [5, 5.41) is 0. The molecule has 0 amide bonds. The number of benzene rings is 1. The van der Waals surface area contributed by atoms with E-state index in [-0.39, 0.29) is 5.83 Å². The first-order valence-corrected chi connectivity index (χ1v) is 6.26. The van der Waals surface area contributed by atoms with Crippen LogP contribution in [0.25, 0.3) is 5.57 Å². The third kappa shape index (κ3) is 2.53. The van der Waals surface area contributed by atoms with Gasteiger partial charge in [0, 0.05) is 12.7 Å². The number of halogens is 1. The second-order valence-electron chi connectivity index (χ2n) is 4.70. The highest BCUT2D eigenvalue weighted by atomic mass is 19.1. The molecule has 2 rings (SSSR count). The van der Waals surface area contributed by atoms with Crippen molar-refractivity contribution in [2.75, 3.05) is 7.05 Å². The fourth-order valence-electron chi connectivity index (χ4n) is 2.18. The predicted octanol–water partition coefficient (Wildman–Crippen LogP) is 4.59. The van der Waals surface area contributed by atoms with Gasteiger partial charge < -0.3 is 4.90 Å². The van der Waals surface area contributed by atoms with E-state index in [0.29, 0.717) is 5.70 Å². The maximum absolute atomic E-state index is 13.9.